The largest absolute Gasteiger partial charge is 0.394 e. The molecule has 1 amide bonds. The third-order valence-corrected chi connectivity index (χ3v) is 4.99. The molecule has 0 spiro atoms. The van der Waals surface area contributed by atoms with E-state index in [-0.39, 0.29) is 18.6 Å². The van der Waals surface area contributed by atoms with Gasteiger partial charge in [0.25, 0.3) is 0 Å². The summed E-state index contributed by atoms with van der Waals surface area (Å²) < 4.78 is 0. The molecule has 3 heterocycles. The van der Waals surface area contributed by atoms with Crippen LogP contribution in [-0.4, -0.2) is 47.2 Å². The van der Waals surface area contributed by atoms with E-state index in [1.54, 1.807) is 0 Å². The summed E-state index contributed by atoms with van der Waals surface area (Å²) >= 11 is 0. The summed E-state index contributed by atoms with van der Waals surface area (Å²) in [6, 6.07) is 1.05. The van der Waals surface area contributed by atoms with Gasteiger partial charge in [0.1, 0.15) is 0 Å². The van der Waals surface area contributed by atoms with Gasteiger partial charge in [-0.25, -0.2) is 0 Å². The number of hydrogen-bond acceptors (Lipinski definition) is 3. The van der Waals surface area contributed by atoms with Crippen molar-refractivity contribution in [3.05, 3.63) is 0 Å². The zero-order chi connectivity index (χ0) is 12.5. The maximum absolute atomic E-state index is 12.7. The van der Waals surface area contributed by atoms with E-state index in [2.05, 4.69) is 5.32 Å². The first kappa shape index (κ1) is 12.4. The highest BCUT2D eigenvalue weighted by Gasteiger charge is 2.45. The van der Waals surface area contributed by atoms with E-state index >= 15 is 0 Å². The monoisotopic (exact) mass is 252 g/mol. The van der Waals surface area contributed by atoms with Crippen molar-refractivity contribution in [2.24, 2.45) is 5.92 Å². The molecule has 102 valence electrons. The van der Waals surface area contributed by atoms with Gasteiger partial charge in [0.05, 0.1) is 18.6 Å². The van der Waals surface area contributed by atoms with Crippen molar-refractivity contribution in [1.29, 1.82) is 0 Å². The summed E-state index contributed by atoms with van der Waals surface area (Å²) in [4.78, 5) is 14.7. The molecule has 18 heavy (non-hydrogen) atoms. The molecule has 3 rings (SSSR count). The van der Waals surface area contributed by atoms with E-state index in [1.165, 1.54) is 12.8 Å². The van der Waals surface area contributed by atoms with E-state index in [4.69, 9.17) is 0 Å². The van der Waals surface area contributed by atoms with Gasteiger partial charge in [-0.2, -0.15) is 0 Å². The Morgan fingerprint density at radius 1 is 1.22 bits per heavy atom. The minimum atomic E-state index is 0.0686. The van der Waals surface area contributed by atoms with Crippen LogP contribution in [0.4, 0.5) is 0 Å². The van der Waals surface area contributed by atoms with Crippen molar-refractivity contribution >= 4 is 5.91 Å². The van der Waals surface area contributed by atoms with E-state index < -0.39 is 0 Å². The van der Waals surface area contributed by atoms with Gasteiger partial charge in [-0.1, -0.05) is 12.8 Å². The van der Waals surface area contributed by atoms with Gasteiger partial charge in [0.15, 0.2) is 0 Å². The lowest BCUT2D eigenvalue weighted by molar-refractivity contribution is -0.139. The first-order chi connectivity index (χ1) is 8.79. The molecule has 2 bridgehead atoms. The number of hydrogen-bond donors (Lipinski definition) is 2. The first-order valence-corrected chi connectivity index (χ1v) is 7.47. The summed E-state index contributed by atoms with van der Waals surface area (Å²) in [6.07, 6.45) is 7.79. The maximum atomic E-state index is 12.7. The van der Waals surface area contributed by atoms with Crippen LogP contribution < -0.4 is 5.32 Å². The molecule has 3 aliphatic heterocycles. The lowest BCUT2D eigenvalue weighted by Crippen LogP contribution is -2.47. The van der Waals surface area contributed by atoms with Crippen molar-refractivity contribution < 1.29 is 9.90 Å². The molecule has 4 unspecified atom stereocenters. The van der Waals surface area contributed by atoms with E-state index in [0.29, 0.717) is 18.0 Å². The fraction of sp³-hybridized carbons (Fsp3) is 0.929. The van der Waals surface area contributed by atoms with E-state index in [1.807, 2.05) is 4.90 Å². The Kier molecular flexibility index (Phi) is 3.57. The second-order valence-corrected chi connectivity index (χ2v) is 6.11. The maximum Gasteiger partial charge on any atom is 0.227 e. The Bertz CT molecular complexity index is 321. The normalized spacial score (nSPS) is 39.9. The van der Waals surface area contributed by atoms with Gasteiger partial charge < -0.3 is 15.3 Å². The van der Waals surface area contributed by atoms with Gasteiger partial charge in [0.2, 0.25) is 5.91 Å². The Labute approximate surface area is 109 Å². The van der Waals surface area contributed by atoms with E-state index in [0.717, 1.165) is 38.6 Å². The van der Waals surface area contributed by atoms with Crippen LogP contribution in [0.5, 0.6) is 0 Å². The molecule has 0 aromatic carbocycles. The molecule has 0 radical (unpaired) electrons. The molecule has 0 aromatic heterocycles. The molecular formula is C14H24N2O2. The number of amides is 1. The van der Waals surface area contributed by atoms with Crippen molar-refractivity contribution in [2.45, 2.75) is 63.1 Å². The van der Waals surface area contributed by atoms with Gasteiger partial charge in [-0.05, 0) is 32.1 Å². The Morgan fingerprint density at radius 3 is 2.78 bits per heavy atom. The van der Waals surface area contributed by atoms with Crippen LogP contribution in [0.3, 0.4) is 0 Å². The highest BCUT2D eigenvalue weighted by Crippen LogP contribution is 2.35. The van der Waals surface area contributed by atoms with Crippen molar-refractivity contribution in [1.82, 2.24) is 10.2 Å². The molecular weight excluding hydrogens is 228 g/mol. The number of rotatable bonds is 2. The van der Waals surface area contributed by atoms with Gasteiger partial charge in [0, 0.05) is 18.6 Å². The minimum Gasteiger partial charge on any atom is -0.394 e. The van der Waals surface area contributed by atoms with Gasteiger partial charge >= 0.3 is 0 Å². The number of likely N-dealkylation sites (tertiary alicyclic amines) is 1. The van der Waals surface area contributed by atoms with Crippen LogP contribution in [-0.2, 0) is 4.79 Å². The van der Waals surface area contributed by atoms with Crippen LogP contribution >= 0.6 is 0 Å². The molecule has 0 aliphatic carbocycles. The molecule has 4 heteroatoms. The Morgan fingerprint density at radius 2 is 2.11 bits per heavy atom. The van der Waals surface area contributed by atoms with Crippen LogP contribution in [0.15, 0.2) is 0 Å². The zero-order valence-electron chi connectivity index (χ0n) is 11.0. The van der Waals surface area contributed by atoms with E-state index in [9.17, 15) is 9.90 Å². The van der Waals surface area contributed by atoms with Gasteiger partial charge in [-0.3, -0.25) is 4.79 Å². The molecule has 3 aliphatic rings. The highest BCUT2D eigenvalue weighted by molar-refractivity contribution is 5.80. The molecule has 4 atom stereocenters. The van der Waals surface area contributed by atoms with Crippen LogP contribution in [0, 0.1) is 5.92 Å². The third-order valence-electron chi connectivity index (χ3n) is 4.99. The number of carbonyl (C=O) groups is 1. The molecule has 2 N–H and O–H groups in total. The fourth-order valence-corrected chi connectivity index (χ4v) is 3.97. The standard InChI is InChI=1S/C14H24N2O2/c17-9-11-4-2-1-3-7-16(11)14(18)12-8-10-5-6-13(12)15-10/h10-13,15,17H,1-9H2. The quantitative estimate of drug-likeness (QED) is 0.767. The second-order valence-electron chi connectivity index (χ2n) is 6.11. The molecule has 4 nitrogen and oxygen atoms in total. The highest BCUT2D eigenvalue weighted by atomic mass is 16.3. The first-order valence-electron chi connectivity index (χ1n) is 7.47. The molecule has 3 fully saturated rings. The smallest absolute Gasteiger partial charge is 0.227 e. The van der Waals surface area contributed by atoms with Crippen molar-refractivity contribution in [3.8, 4) is 0 Å². The minimum absolute atomic E-state index is 0.0686. The van der Waals surface area contributed by atoms with Gasteiger partial charge in [-0.15, -0.1) is 0 Å². The summed E-state index contributed by atoms with van der Waals surface area (Å²) in [5.74, 6) is 0.478. The molecule has 0 saturated carbocycles. The fourth-order valence-electron chi connectivity index (χ4n) is 3.97. The lowest BCUT2D eigenvalue weighted by atomic mass is 9.87. The average molecular weight is 252 g/mol. The SMILES string of the molecule is O=C(C1CC2CCC1N2)N1CCCCCC1CO. The average Bonchev–Trinajstić information content (AvgIpc) is 2.93. The number of aliphatic hydroxyl groups excluding tert-OH is 1. The summed E-state index contributed by atoms with van der Waals surface area (Å²) in [7, 11) is 0. The topological polar surface area (TPSA) is 52.6 Å². The summed E-state index contributed by atoms with van der Waals surface area (Å²) in [5.41, 5.74) is 0. The number of nitrogens with one attached hydrogen (secondary N) is 1. The Hall–Kier alpha value is -0.610. The number of aliphatic hydroxyl groups is 1. The van der Waals surface area contributed by atoms with Crippen LogP contribution in [0.2, 0.25) is 0 Å². The predicted molar refractivity (Wildman–Crippen MR) is 69.1 cm³/mol. The summed E-state index contributed by atoms with van der Waals surface area (Å²) in [5, 5.41) is 13.0. The lowest BCUT2D eigenvalue weighted by Gasteiger charge is -2.33. The van der Waals surface area contributed by atoms with Crippen molar-refractivity contribution in [2.75, 3.05) is 13.2 Å². The predicted octanol–water partition coefficient (Wildman–Crippen LogP) is 0.890. The number of fused-ring (bicyclic) bond motifs is 2. The molecule has 0 aromatic rings. The van der Waals surface area contributed by atoms with Crippen LogP contribution in [0.25, 0.3) is 0 Å². The van der Waals surface area contributed by atoms with Crippen LogP contribution in [0.1, 0.15) is 44.9 Å². The number of carbonyl (C=O) groups excluding carboxylic acids is 1. The summed E-state index contributed by atoms with van der Waals surface area (Å²) in [6.45, 7) is 0.970. The Balaban J connectivity index is 1.69. The third kappa shape index (κ3) is 2.16. The number of nitrogens with zero attached hydrogens (tertiary/aromatic N) is 1. The second kappa shape index (κ2) is 5.17. The zero-order valence-corrected chi connectivity index (χ0v) is 11.0. The van der Waals surface area contributed by atoms with Crippen molar-refractivity contribution in [3.63, 3.8) is 0 Å². The molecule has 3 saturated heterocycles.